The van der Waals surface area contributed by atoms with Crippen LogP contribution in [0.1, 0.15) is 0 Å². The lowest BCUT2D eigenvalue weighted by Crippen LogP contribution is -2.55. The molecule has 0 spiro atoms. The lowest BCUT2D eigenvalue weighted by atomic mass is 10.4. The van der Waals surface area contributed by atoms with E-state index >= 15 is 0 Å². The van der Waals surface area contributed by atoms with E-state index in [1.165, 1.54) is 11.4 Å². The maximum atomic E-state index is 9.12. The van der Waals surface area contributed by atoms with Gasteiger partial charge in [0.1, 0.15) is 6.20 Å². The Morgan fingerprint density at radius 2 is 2.15 bits per heavy atom. The third-order valence-corrected chi connectivity index (χ3v) is 1.89. The molecule has 3 N–H and O–H groups in total. The average molecular weight is 184 g/mol. The molecule has 7 nitrogen and oxygen atoms in total. The number of rotatable bonds is 1. The number of aliphatic hydroxyl groups excluding tert-OH is 1. The van der Waals surface area contributed by atoms with Gasteiger partial charge >= 0.3 is 0 Å². The molecule has 72 valence electrons. The minimum atomic E-state index is 0.00790. The average Bonchev–Trinajstić information content (AvgIpc) is 2.19. The zero-order chi connectivity index (χ0) is 9.10. The van der Waals surface area contributed by atoms with Gasteiger partial charge in [-0.25, -0.2) is 5.43 Å². The van der Waals surface area contributed by atoms with Crippen LogP contribution in [0.3, 0.4) is 0 Å². The highest BCUT2D eigenvalue weighted by Crippen LogP contribution is 2.04. The molecule has 0 aromatic rings. The van der Waals surface area contributed by atoms with Gasteiger partial charge in [-0.3, -0.25) is 0 Å². The highest BCUT2D eigenvalue weighted by atomic mass is 16.3. The molecule has 0 unspecified atom stereocenters. The molecule has 2 heterocycles. The molecule has 0 aromatic heterocycles. The van der Waals surface area contributed by atoms with Gasteiger partial charge in [0.05, 0.1) is 0 Å². The van der Waals surface area contributed by atoms with Crippen LogP contribution in [0.15, 0.2) is 22.4 Å². The van der Waals surface area contributed by atoms with E-state index in [9.17, 15) is 0 Å². The second kappa shape index (κ2) is 3.58. The Labute approximate surface area is 75.6 Å². The van der Waals surface area contributed by atoms with E-state index in [2.05, 4.69) is 21.1 Å². The van der Waals surface area contributed by atoms with Gasteiger partial charge in [-0.1, -0.05) is 0 Å². The van der Waals surface area contributed by atoms with E-state index in [0.29, 0.717) is 0 Å². The van der Waals surface area contributed by atoms with Crippen molar-refractivity contribution in [2.45, 2.75) is 0 Å². The van der Waals surface area contributed by atoms with Crippen LogP contribution in [0.5, 0.6) is 0 Å². The van der Waals surface area contributed by atoms with Crippen molar-refractivity contribution in [3.63, 3.8) is 0 Å². The van der Waals surface area contributed by atoms with Gasteiger partial charge < -0.3 is 10.4 Å². The number of aliphatic hydroxyl groups is 1. The van der Waals surface area contributed by atoms with E-state index in [1.807, 2.05) is 5.01 Å². The quantitative estimate of drug-likeness (QED) is 0.505. The molecule has 0 saturated carbocycles. The lowest BCUT2D eigenvalue weighted by Gasteiger charge is -2.34. The molecule has 0 aromatic carbocycles. The van der Waals surface area contributed by atoms with Crippen molar-refractivity contribution in [3.8, 4) is 0 Å². The summed E-state index contributed by atoms with van der Waals surface area (Å²) in [5, 5.41) is 23.2. The smallest absolute Gasteiger partial charge is 0.226 e. The Balaban J connectivity index is 1.93. The van der Waals surface area contributed by atoms with Crippen molar-refractivity contribution in [2.24, 2.45) is 10.3 Å². The number of nitrogens with one attached hydrogen (secondary N) is 2. The number of hydrogen-bond acceptors (Lipinski definition) is 7. The highest BCUT2D eigenvalue weighted by molar-refractivity contribution is 4.86. The molecule has 2 rings (SSSR count). The van der Waals surface area contributed by atoms with Crippen molar-refractivity contribution in [2.75, 3.05) is 26.2 Å². The first-order valence-electron chi connectivity index (χ1n) is 4.18. The third-order valence-electron chi connectivity index (χ3n) is 1.89. The standard InChI is InChI=1S/C6H12N6O/c13-6-5-8-10-12(9-6)11-3-1-7-2-4-11/h5,7,9,13H,1-4H2. The topological polar surface area (TPSA) is 75.5 Å². The van der Waals surface area contributed by atoms with Crippen molar-refractivity contribution < 1.29 is 5.11 Å². The molecule has 13 heavy (non-hydrogen) atoms. The second-order valence-corrected chi connectivity index (χ2v) is 2.82. The summed E-state index contributed by atoms with van der Waals surface area (Å²) in [6.07, 6.45) is 1.26. The summed E-state index contributed by atoms with van der Waals surface area (Å²) in [5.41, 5.74) is 2.67. The summed E-state index contributed by atoms with van der Waals surface area (Å²) in [6, 6.07) is 0. The molecule has 0 bridgehead atoms. The van der Waals surface area contributed by atoms with Gasteiger partial charge in [-0.2, -0.15) is 5.01 Å². The maximum Gasteiger partial charge on any atom is 0.226 e. The Morgan fingerprint density at radius 1 is 1.38 bits per heavy atom. The van der Waals surface area contributed by atoms with Crippen LogP contribution >= 0.6 is 0 Å². The highest BCUT2D eigenvalue weighted by Gasteiger charge is 2.18. The first-order chi connectivity index (χ1) is 6.36. The van der Waals surface area contributed by atoms with Crippen LogP contribution in [0.2, 0.25) is 0 Å². The van der Waals surface area contributed by atoms with Crippen LogP contribution in [-0.2, 0) is 0 Å². The van der Waals surface area contributed by atoms with Crippen molar-refractivity contribution in [3.05, 3.63) is 12.1 Å². The largest absolute Gasteiger partial charge is 0.492 e. The van der Waals surface area contributed by atoms with Crippen LogP contribution in [0.4, 0.5) is 0 Å². The third kappa shape index (κ3) is 1.87. The van der Waals surface area contributed by atoms with Gasteiger partial charge in [0, 0.05) is 26.2 Å². The zero-order valence-electron chi connectivity index (χ0n) is 7.14. The fourth-order valence-corrected chi connectivity index (χ4v) is 1.25. The molecule has 2 aliphatic heterocycles. The second-order valence-electron chi connectivity index (χ2n) is 2.82. The van der Waals surface area contributed by atoms with Gasteiger partial charge in [-0.05, 0) is 5.22 Å². The molecular weight excluding hydrogens is 172 g/mol. The summed E-state index contributed by atoms with van der Waals surface area (Å²) in [5.74, 6) is 0.00790. The van der Waals surface area contributed by atoms with E-state index in [-0.39, 0.29) is 5.88 Å². The van der Waals surface area contributed by atoms with Crippen molar-refractivity contribution >= 4 is 0 Å². The summed E-state index contributed by atoms with van der Waals surface area (Å²) in [7, 11) is 0. The van der Waals surface area contributed by atoms with Crippen LogP contribution in [0.25, 0.3) is 0 Å². The number of piperazine rings is 1. The van der Waals surface area contributed by atoms with E-state index in [0.717, 1.165) is 26.2 Å². The number of nitrogens with zero attached hydrogens (tertiary/aromatic N) is 4. The van der Waals surface area contributed by atoms with Crippen molar-refractivity contribution in [1.29, 1.82) is 0 Å². The zero-order valence-corrected chi connectivity index (χ0v) is 7.14. The molecule has 1 fully saturated rings. The molecular formula is C6H12N6O. The lowest BCUT2D eigenvalue weighted by molar-refractivity contribution is -0.0878. The predicted molar refractivity (Wildman–Crippen MR) is 45.0 cm³/mol. The molecule has 1 saturated heterocycles. The molecule has 0 radical (unpaired) electrons. The summed E-state index contributed by atoms with van der Waals surface area (Å²) >= 11 is 0. The molecule has 0 aliphatic carbocycles. The van der Waals surface area contributed by atoms with Crippen molar-refractivity contribution in [1.82, 2.24) is 21.0 Å². The molecule has 2 aliphatic rings. The Bertz CT molecular complexity index is 233. The van der Waals surface area contributed by atoms with Gasteiger partial charge in [0.2, 0.25) is 5.88 Å². The van der Waals surface area contributed by atoms with Crippen LogP contribution in [-0.4, -0.2) is 41.5 Å². The van der Waals surface area contributed by atoms with E-state index in [1.54, 1.807) is 0 Å². The summed E-state index contributed by atoms with van der Waals surface area (Å²) < 4.78 is 0. The Hall–Kier alpha value is -1.34. The number of hydrazine groups is 2. The maximum absolute atomic E-state index is 9.12. The van der Waals surface area contributed by atoms with E-state index < -0.39 is 0 Å². The predicted octanol–water partition coefficient (Wildman–Crippen LogP) is -0.649. The summed E-state index contributed by atoms with van der Waals surface area (Å²) in [4.78, 5) is 0. The monoisotopic (exact) mass is 184 g/mol. The molecule has 0 amide bonds. The molecule has 7 heteroatoms. The first kappa shape index (κ1) is 8.27. The number of hydrogen-bond donors (Lipinski definition) is 3. The fourth-order valence-electron chi connectivity index (χ4n) is 1.25. The fraction of sp³-hybridized carbons (Fsp3) is 0.667. The Kier molecular flexibility index (Phi) is 2.28. The van der Waals surface area contributed by atoms with Crippen LogP contribution < -0.4 is 10.7 Å². The first-order valence-corrected chi connectivity index (χ1v) is 4.18. The van der Waals surface area contributed by atoms with Gasteiger partial charge in [0.15, 0.2) is 0 Å². The SMILES string of the molecule is OC1=CN=NN(N2CCNCC2)N1. The minimum absolute atomic E-state index is 0.00790. The Morgan fingerprint density at radius 3 is 2.85 bits per heavy atom. The van der Waals surface area contributed by atoms with E-state index in [4.69, 9.17) is 5.11 Å². The van der Waals surface area contributed by atoms with Gasteiger partial charge in [-0.15, -0.1) is 10.3 Å². The van der Waals surface area contributed by atoms with Crippen LogP contribution in [0, 0.1) is 0 Å². The summed E-state index contributed by atoms with van der Waals surface area (Å²) in [6.45, 7) is 3.52. The van der Waals surface area contributed by atoms with Gasteiger partial charge in [0.25, 0.3) is 0 Å². The normalized spacial score (nSPS) is 24.0. The molecule has 0 atom stereocenters. The minimum Gasteiger partial charge on any atom is -0.492 e.